The van der Waals surface area contributed by atoms with Crippen LogP contribution in [0.15, 0.2) is 23.1 Å². The van der Waals surface area contributed by atoms with E-state index in [1.807, 2.05) is 18.4 Å². The van der Waals surface area contributed by atoms with Gasteiger partial charge in [0, 0.05) is 13.1 Å². The minimum atomic E-state index is 0.0632. The van der Waals surface area contributed by atoms with Gasteiger partial charge in [0.2, 0.25) is 0 Å². The van der Waals surface area contributed by atoms with Crippen molar-refractivity contribution in [2.24, 2.45) is 0 Å². The van der Waals surface area contributed by atoms with Crippen LogP contribution in [-0.2, 0) is 4.74 Å². The van der Waals surface area contributed by atoms with Crippen LogP contribution in [0.4, 0.5) is 0 Å². The van der Waals surface area contributed by atoms with Crippen molar-refractivity contribution in [3.05, 3.63) is 23.8 Å². The van der Waals surface area contributed by atoms with E-state index in [-0.39, 0.29) is 6.10 Å². The summed E-state index contributed by atoms with van der Waals surface area (Å²) in [5, 5.41) is 13.0. The van der Waals surface area contributed by atoms with E-state index < -0.39 is 0 Å². The van der Waals surface area contributed by atoms with Crippen molar-refractivity contribution in [2.45, 2.75) is 11.0 Å². The number of aromatic hydroxyl groups is 1. The zero-order valence-electron chi connectivity index (χ0n) is 8.69. The van der Waals surface area contributed by atoms with Crippen LogP contribution in [0.5, 0.6) is 5.75 Å². The molecule has 1 aromatic rings. The van der Waals surface area contributed by atoms with Gasteiger partial charge in [0.1, 0.15) is 5.75 Å². The molecule has 2 N–H and O–H groups in total. The summed E-state index contributed by atoms with van der Waals surface area (Å²) in [6.45, 7) is 2.45. The maximum absolute atomic E-state index is 9.73. The number of hydrogen-bond acceptors (Lipinski definition) is 4. The molecule has 0 radical (unpaired) electrons. The van der Waals surface area contributed by atoms with Crippen LogP contribution in [0.2, 0.25) is 0 Å². The van der Waals surface area contributed by atoms with Crippen molar-refractivity contribution in [1.82, 2.24) is 5.32 Å². The average Bonchev–Trinajstić information content (AvgIpc) is 2.30. The Labute approximate surface area is 93.8 Å². The molecule has 3 nitrogen and oxygen atoms in total. The second-order valence-corrected chi connectivity index (χ2v) is 4.28. The molecule has 0 aliphatic carbocycles. The van der Waals surface area contributed by atoms with E-state index in [1.54, 1.807) is 17.8 Å². The van der Waals surface area contributed by atoms with Gasteiger partial charge in [-0.25, -0.2) is 0 Å². The van der Waals surface area contributed by atoms with Crippen molar-refractivity contribution >= 4 is 11.8 Å². The molecule has 1 heterocycles. The predicted octanol–water partition coefficient (Wildman–Crippen LogP) is 1.77. The van der Waals surface area contributed by atoms with Crippen molar-refractivity contribution in [3.8, 4) is 5.75 Å². The highest BCUT2D eigenvalue weighted by Gasteiger charge is 2.19. The highest BCUT2D eigenvalue weighted by molar-refractivity contribution is 7.98. The van der Waals surface area contributed by atoms with Gasteiger partial charge < -0.3 is 15.2 Å². The Morgan fingerprint density at radius 2 is 2.40 bits per heavy atom. The Kier molecular flexibility index (Phi) is 3.51. The molecule has 1 atom stereocenters. The van der Waals surface area contributed by atoms with Crippen LogP contribution in [0, 0.1) is 0 Å². The van der Waals surface area contributed by atoms with E-state index in [9.17, 15) is 5.11 Å². The van der Waals surface area contributed by atoms with Crippen LogP contribution in [0.3, 0.4) is 0 Å². The fourth-order valence-electron chi connectivity index (χ4n) is 1.78. The molecule has 15 heavy (non-hydrogen) atoms. The van der Waals surface area contributed by atoms with Gasteiger partial charge in [0.25, 0.3) is 0 Å². The van der Waals surface area contributed by atoms with E-state index in [4.69, 9.17) is 4.74 Å². The normalized spacial score (nSPS) is 21.5. The summed E-state index contributed by atoms with van der Waals surface area (Å²) in [4.78, 5) is 0.922. The Bertz CT molecular complexity index is 337. The molecule has 82 valence electrons. The smallest absolute Gasteiger partial charge is 0.129 e. The summed E-state index contributed by atoms with van der Waals surface area (Å²) in [6, 6.07) is 5.59. The fourth-order valence-corrected chi connectivity index (χ4v) is 2.50. The van der Waals surface area contributed by atoms with Gasteiger partial charge in [-0.15, -0.1) is 11.8 Å². The number of ether oxygens (including phenoxy) is 1. The average molecular weight is 225 g/mol. The molecule has 1 saturated heterocycles. The first-order valence-electron chi connectivity index (χ1n) is 5.01. The molecular weight excluding hydrogens is 210 g/mol. The summed E-state index contributed by atoms with van der Waals surface area (Å²) < 4.78 is 5.67. The van der Waals surface area contributed by atoms with Gasteiger partial charge in [-0.1, -0.05) is 12.1 Å². The predicted molar refractivity (Wildman–Crippen MR) is 61.5 cm³/mol. The largest absolute Gasteiger partial charge is 0.507 e. The molecule has 1 aliphatic heterocycles. The minimum Gasteiger partial charge on any atom is -0.507 e. The van der Waals surface area contributed by atoms with E-state index in [1.165, 1.54) is 0 Å². The number of hydrogen-bond donors (Lipinski definition) is 2. The van der Waals surface area contributed by atoms with E-state index in [0.717, 1.165) is 30.2 Å². The molecule has 0 saturated carbocycles. The summed E-state index contributed by atoms with van der Waals surface area (Å²) in [6.07, 6.45) is 2.03. The van der Waals surface area contributed by atoms with Crippen LogP contribution >= 0.6 is 11.8 Å². The van der Waals surface area contributed by atoms with E-state index in [0.29, 0.717) is 5.75 Å². The van der Waals surface area contributed by atoms with Crippen molar-refractivity contribution in [3.63, 3.8) is 0 Å². The summed E-state index contributed by atoms with van der Waals surface area (Å²) in [7, 11) is 0. The SMILES string of the molecule is CSc1c(O)cccc1C1CNCCO1. The fraction of sp³-hybridized carbons (Fsp3) is 0.455. The van der Waals surface area contributed by atoms with Gasteiger partial charge in [0.15, 0.2) is 0 Å². The highest BCUT2D eigenvalue weighted by atomic mass is 32.2. The molecule has 0 bridgehead atoms. The second-order valence-electron chi connectivity index (χ2n) is 3.46. The van der Waals surface area contributed by atoms with Crippen LogP contribution in [0.1, 0.15) is 11.7 Å². The maximum atomic E-state index is 9.73. The van der Waals surface area contributed by atoms with Gasteiger partial charge in [-0.2, -0.15) is 0 Å². The second kappa shape index (κ2) is 4.88. The monoisotopic (exact) mass is 225 g/mol. The Balaban J connectivity index is 2.29. The zero-order valence-corrected chi connectivity index (χ0v) is 9.51. The zero-order chi connectivity index (χ0) is 10.7. The van der Waals surface area contributed by atoms with Crippen molar-refractivity contribution in [1.29, 1.82) is 0 Å². The summed E-state index contributed by atoms with van der Waals surface area (Å²) >= 11 is 1.56. The minimum absolute atomic E-state index is 0.0632. The number of nitrogens with one attached hydrogen (secondary N) is 1. The molecule has 1 fully saturated rings. The lowest BCUT2D eigenvalue weighted by molar-refractivity contribution is 0.0259. The Morgan fingerprint density at radius 1 is 1.53 bits per heavy atom. The Hall–Kier alpha value is -0.710. The molecular formula is C11H15NO2S. The van der Waals surface area contributed by atoms with Crippen LogP contribution < -0.4 is 5.32 Å². The lowest BCUT2D eigenvalue weighted by atomic mass is 10.1. The number of rotatable bonds is 2. The van der Waals surface area contributed by atoms with Gasteiger partial charge in [-0.3, -0.25) is 0 Å². The summed E-state index contributed by atoms with van der Waals surface area (Å²) in [5.74, 6) is 0.342. The molecule has 1 aromatic carbocycles. The molecule has 1 unspecified atom stereocenters. The van der Waals surface area contributed by atoms with Crippen molar-refractivity contribution in [2.75, 3.05) is 26.0 Å². The third-order valence-corrected chi connectivity index (χ3v) is 3.36. The lowest BCUT2D eigenvalue weighted by Gasteiger charge is -2.25. The first-order valence-corrected chi connectivity index (χ1v) is 6.23. The topological polar surface area (TPSA) is 41.5 Å². The lowest BCUT2D eigenvalue weighted by Crippen LogP contribution is -2.33. The first kappa shape index (κ1) is 10.8. The number of benzene rings is 1. The van der Waals surface area contributed by atoms with Gasteiger partial charge in [-0.05, 0) is 17.9 Å². The molecule has 1 aliphatic rings. The molecule has 2 rings (SSSR count). The van der Waals surface area contributed by atoms with Crippen molar-refractivity contribution < 1.29 is 9.84 Å². The van der Waals surface area contributed by atoms with E-state index >= 15 is 0 Å². The number of phenolic OH excluding ortho intramolecular Hbond substituents is 1. The summed E-state index contributed by atoms with van der Waals surface area (Å²) in [5.41, 5.74) is 1.08. The third kappa shape index (κ3) is 2.27. The van der Waals surface area contributed by atoms with Gasteiger partial charge in [0.05, 0.1) is 17.6 Å². The molecule has 0 amide bonds. The van der Waals surface area contributed by atoms with Crippen LogP contribution in [0.25, 0.3) is 0 Å². The van der Waals surface area contributed by atoms with E-state index in [2.05, 4.69) is 5.32 Å². The third-order valence-electron chi connectivity index (χ3n) is 2.50. The van der Waals surface area contributed by atoms with Crippen LogP contribution in [-0.4, -0.2) is 31.1 Å². The molecule has 4 heteroatoms. The van der Waals surface area contributed by atoms with Gasteiger partial charge >= 0.3 is 0 Å². The highest BCUT2D eigenvalue weighted by Crippen LogP contribution is 2.35. The standard InChI is InChI=1S/C11H15NO2S/c1-15-11-8(3-2-4-9(11)13)10-7-12-5-6-14-10/h2-4,10,12-13H,5-7H2,1H3. The molecule has 0 aromatic heterocycles. The first-order chi connectivity index (χ1) is 7.33. The number of morpholine rings is 1. The quantitative estimate of drug-likeness (QED) is 0.753. The number of thioether (sulfide) groups is 1. The maximum Gasteiger partial charge on any atom is 0.129 e. The molecule has 0 spiro atoms. The number of phenols is 1. The Morgan fingerprint density at radius 3 is 3.07 bits per heavy atom.